The number of aromatic nitrogens is 3. The number of benzene rings is 1. The quantitative estimate of drug-likeness (QED) is 0.754. The molecule has 2 aromatic heterocycles. The molecule has 0 radical (unpaired) electrons. The van der Waals surface area contributed by atoms with Crippen LogP contribution in [-0.4, -0.2) is 20.4 Å². The molecule has 0 aliphatic rings. The van der Waals surface area contributed by atoms with E-state index in [0.717, 1.165) is 19.6 Å². The Morgan fingerprint density at radius 1 is 1.10 bits per heavy atom. The van der Waals surface area contributed by atoms with Gasteiger partial charge in [0.05, 0.1) is 12.1 Å². The van der Waals surface area contributed by atoms with E-state index in [4.69, 9.17) is 0 Å². The summed E-state index contributed by atoms with van der Waals surface area (Å²) in [5.41, 5.74) is 2.68. The van der Waals surface area contributed by atoms with E-state index in [1.807, 2.05) is 23.1 Å². The summed E-state index contributed by atoms with van der Waals surface area (Å²) >= 11 is 0. The summed E-state index contributed by atoms with van der Waals surface area (Å²) in [6.45, 7) is 7.08. The number of para-hydroxylation sites is 1. The van der Waals surface area contributed by atoms with Crippen molar-refractivity contribution in [3.63, 3.8) is 0 Å². The van der Waals surface area contributed by atoms with Crippen molar-refractivity contribution in [1.29, 1.82) is 0 Å². The molecule has 1 N–H and O–H groups in total. The van der Waals surface area contributed by atoms with Crippen molar-refractivity contribution in [2.45, 2.75) is 39.5 Å². The van der Waals surface area contributed by atoms with Gasteiger partial charge in [-0.2, -0.15) is 5.10 Å². The Kier molecular flexibility index (Phi) is 4.06. The predicted octanol–water partition coefficient (Wildman–Crippen LogP) is 3.04. The van der Waals surface area contributed by atoms with Crippen LogP contribution in [0.15, 0.2) is 48.9 Å². The highest BCUT2D eigenvalue weighted by Gasteiger charge is 2.07. The molecule has 0 amide bonds. The third-order valence-corrected chi connectivity index (χ3v) is 3.70. The highest BCUT2D eigenvalue weighted by atomic mass is 15.3. The van der Waals surface area contributed by atoms with Crippen molar-refractivity contribution in [3.8, 4) is 0 Å². The highest BCUT2D eigenvalue weighted by molar-refractivity contribution is 5.83. The first-order valence-electron chi connectivity index (χ1n) is 7.51. The second-order valence-corrected chi connectivity index (χ2v) is 5.67. The molecule has 4 heteroatoms. The summed E-state index contributed by atoms with van der Waals surface area (Å²) < 4.78 is 4.30. The lowest BCUT2D eigenvalue weighted by Crippen LogP contribution is -2.22. The number of rotatable bonds is 6. The Morgan fingerprint density at radius 3 is 2.76 bits per heavy atom. The summed E-state index contributed by atoms with van der Waals surface area (Å²) in [6, 6.07) is 11.2. The molecule has 0 aliphatic heterocycles. The van der Waals surface area contributed by atoms with E-state index in [9.17, 15) is 0 Å². The molecule has 21 heavy (non-hydrogen) atoms. The second-order valence-electron chi connectivity index (χ2n) is 5.67. The Morgan fingerprint density at radius 2 is 2.00 bits per heavy atom. The molecule has 0 unspecified atom stereocenters. The van der Waals surface area contributed by atoms with Gasteiger partial charge in [0.2, 0.25) is 0 Å². The zero-order valence-corrected chi connectivity index (χ0v) is 12.7. The highest BCUT2D eigenvalue weighted by Crippen LogP contribution is 2.20. The van der Waals surface area contributed by atoms with Gasteiger partial charge in [-0.15, -0.1) is 0 Å². The molecule has 4 nitrogen and oxygen atoms in total. The standard InChI is InChI=1S/C17H22N4/c1-14(2)18-13-16-6-3-5-15-7-10-20(17(15)16)11-12-21-9-4-8-19-21/h3-10,14,18H,11-13H2,1-2H3. The van der Waals surface area contributed by atoms with E-state index < -0.39 is 0 Å². The fraction of sp³-hybridized carbons (Fsp3) is 0.353. The van der Waals surface area contributed by atoms with Gasteiger partial charge in [0, 0.05) is 37.7 Å². The fourth-order valence-corrected chi connectivity index (χ4v) is 2.63. The normalized spacial score (nSPS) is 11.6. The number of fused-ring (bicyclic) bond motifs is 1. The van der Waals surface area contributed by atoms with E-state index in [1.165, 1.54) is 16.5 Å². The third-order valence-electron chi connectivity index (χ3n) is 3.70. The van der Waals surface area contributed by atoms with Crippen molar-refractivity contribution in [2.24, 2.45) is 0 Å². The maximum atomic E-state index is 4.27. The Balaban J connectivity index is 1.84. The molecule has 0 saturated carbocycles. The summed E-state index contributed by atoms with van der Waals surface area (Å²) in [5.74, 6) is 0. The molecule has 1 aromatic carbocycles. The van der Waals surface area contributed by atoms with Crippen LogP contribution in [0, 0.1) is 0 Å². The monoisotopic (exact) mass is 282 g/mol. The van der Waals surface area contributed by atoms with Crippen molar-refractivity contribution in [2.75, 3.05) is 0 Å². The van der Waals surface area contributed by atoms with Crippen LogP contribution in [0.2, 0.25) is 0 Å². The average Bonchev–Trinajstić information content (AvgIpc) is 3.12. The van der Waals surface area contributed by atoms with Crippen molar-refractivity contribution in [3.05, 3.63) is 54.5 Å². The van der Waals surface area contributed by atoms with Crippen LogP contribution in [0.3, 0.4) is 0 Å². The molecule has 0 fully saturated rings. The van der Waals surface area contributed by atoms with Crippen LogP contribution in [-0.2, 0) is 19.6 Å². The van der Waals surface area contributed by atoms with Crippen molar-refractivity contribution in [1.82, 2.24) is 19.7 Å². The lowest BCUT2D eigenvalue weighted by atomic mass is 10.1. The molecular weight excluding hydrogens is 260 g/mol. The smallest absolute Gasteiger partial charge is 0.0588 e. The van der Waals surface area contributed by atoms with Crippen LogP contribution in [0.25, 0.3) is 10.9 Å². The van der Waals surface area contributed by atoms with E-state index >= 15 is 0 Å². The van der Waals surface area contributed by atoms with E-state index in [0.29, 0.717) is 6.04 Å². The van der Waals surface area contributed by atoms with Crippen LogP contribution in [0.4, 0.5) is 0 Å². The molecule has 0 bridgehead atoms. The van der Waals surface area contributed by atoms with Gasteiger partial charge in [-0.05, 0) is 23.1 Å². The predicted molar refractivity (Wildman–Crippen MR) is 86.1 cm³/mol. The largest absolute Gasteiger partial charge is 0.345 e. The van der Waals surface area contributed by atoms with Gasteiger partial charge in [0.15, 0.2) is 0 Å². The van der Waals surface area contributed by atoms with E-state index in [1.54, 1.807) is 0 Å². The number of aryl methyl sites for hydroxylation is 2. The first-order chi connectivity index (χ1) is 10.2. The Hall–Kier alpha value is -2.07. The minimum absolute atomic E-state index is 0.493. The minimum Gasteiger partial charge on any atom is -0.345 e. The minimum atomic E-state index is 0.493. The maximum absolute atomic E-state index is 4.27. The van der Waals surface area contributed by atoms with Gasteiger partial charge in [-0.25, -0.2) is 0 Å². The van der Waals surface area contributed by atoms with Gasteiger partial charge < -0.3 is 9.88 Å². The third kappa shape index (κ3) is 3.16. The van der Waals surface area contributed by atoms with Crippen LogP contribution < -0.4 is 5.32 Å². The Bertz CT molecular complexity index is 695. The topological polar surface area (TPSA) is 34.8 Å². The molecular formula is C17H22N4. The Labute approximate surface area is 125 Å². The van der Waals surface area contributed by atoms with Gasteiger partial charge in [-0.3, -0.25) is 4.68 Å². The lowest BCUT2D eigenvalue weighted by Gasteiger charge is -2.12. The summed E-state index contributed by atoms with van der Waals surface area (Å²) in [7, 11) is 0. The van der Waals surface area contributed by atoms with Crippen LogP contribution in [0.1, 0.15) is 19.4 Å². The number of nitrogens with one attached hydrogen (secondary N) is 1. The van der Waals surface area contributed by atoms with Crippen molar-refractivity contribution >= 4 is 10.9 Å². The molecule has 0 spiro atoms. The van der Waals surface area contributed by atoms with Gasteiger partial charge in [0.1, 0.15) is 0 Å². The van der Waals surface area contributed by atoms with Gasteiger partial charge >= 0.3 is 0 Å². The maximum Gasteiger partial charge on any atom is 0.0588 e. The molecule has 2 heterocycles. The number of hydrogen-bond acceptors (Lipinski definition) is 2. The summed E-state index contributed by atoms with van der Waals surface area (Å²) in [5, 5.41) is 9.08. The zero-order valence-electron chi connectivity index (χ0n) is 12.7. The van der Waals surface area contributed by atoms with Gasteiger partial charge in [-0.1, -0.05) is 32.0 Å². The van der Waals surface area contributed by atoms with Gasteiger partial charge in [0.25, 0.3) is 0 Å². The average molecular weight is 282 g/mol. The second kappa shape index (κ2) is 6.14. The molecule has 0 atom stereocenters. The fourth-order valence-electron chi connectivity index (χ4n) is 2.63. The summed E-state index contributed by atoms with van der Waals surface area (Å²) in [4.78, 5) is 0. The van der Waals surface area contributed by atoms with E-state index in [-0.39, 0.29) is 0 Å². The lowest BCUT2D eigenvalue weighted by molar-refractivity contribution is 0.540. The molecule has 110 valence electrons. The zero-order chi connectivity index (χ0) is 14.7. The molecule has 3 rings (SSSR count). The molecule has 0 saturated heterocycles. The first-order valence-corrected chi connectivity index (χ1v) is 7.51. The number of hydrogen-bond donors (Lipinski definition) is 1. The van der Waals surface area contributed by atoms with Crippen molar-refractivity contribution < 1.29 is 0 Å². The first kappa shape index (κ1) is 13.9. The number of nitrogens with zero attached hydrogens (tertiary/aromatic N) is 3. The summed E-state index contributed by atoms with van der Waals surface area (Å²) in [6.07, 6.45) is 6.01. The van der Waals surface area contributed by atoms with Crippen LogP contribution >= 0.6 is 0 Å². The van der Waals surface area contributed by atoms with E-state index in [2.05, 4.69) is 59.3 Å². The molecule has 3 aromatic rings. The molecule has 0 aliphatic carbocycles. The van der Waals surface area contributed by atoms with Crippen LogP contribution in [0.5, 0.6) is 0 Å². The SMILES string of the molecule is CC(C)NCc1cccc2ccn(CCn3cccn3)c12.